The quantitative estimate of drug-likeness (QED) is 0.820. The number of ether oxygens (including phenoxy) is 1. The molecule has 0 aromatic carbocycles. The van der Waals surface area contributed by atoms with Crippen LogP contribution in [0.1, 0.15) is 33.1 Å². The van der Waals surface area contributed by atoms with E-state index in [0.717, 1.165) is 0 Å². The van der Waals surface area contributed by atoms with Crippen LogP contribution in [0.15, 0.2) is 0 Å². The van der Waals surface area contributed by atoms with Crippen LogP contribution in [0.3, 0.4) is 0 Å². The maximum Gasteiger partial charge on any atom is 0.409 e. The summed E-state index contributed by atoms with van der Waals surface area (Å²) in [5.74, 6) is -1.09. The predicted octanol–water partition coefficient (Wildman–Crippen LogP) is 1.29. The number of carboxylic acids is 1. The number of hydrogen-bond donors (Lipinski definition) is 1. The number of nitrogens with zero attached hydrogens (tertiary/aromatic N) is 1. The monoisotopic (exact) mass is 257 g/mol. The fourth-order valence-electron chi connectivity index (χ4n) is 2.27. The number of amides is 1. The number of aliphatic carboxylic acids is 1. The summed E-state index contributed by atoms with van der Waals surface area (Å²) in [6.07, 6.45) is 0.194. The van der Waals surface area contributed by atoms with Crippen LogP contribution in [-0.2, 0) is 14.3 Å². The maximum atomic E-state index is 11.5. The molecule has 1 heterocycles. The van der Waals surface area contributed by atoms with Gasteiger partial charge in [0.05, 0.1) is 12.0 Å². The minimum atomic E-state index is -1.02. The average Bonchev–Trinajstić information content (AvgIpc) is 2.29. The Morgan fingerprint density at radius 2 is 1.83 bits per heavy atom. The van der Waals surface area contributed by atoms with Crippen molar-refractivity contribution >= 4 is 17.8 Å². The van der Waals surface area contributed by atoms with Gasteiger partial charge >= 0.3 is 12.1 Å². The van der Waals surface area contributed by atoms with Crippen LogP contribution < -0.4 is 0 Å². The smallest absolute Gasteiger partial charge is 0.409 e. The van der Waals surface area contributed by atoms with Crippen molar-refractivity contribution in [2.45, 2.75) is 33.1 Å². The fraction of sp³-hybridized carbons (Fsp3) is 0.750. The van der Waals surface area contributed by atoms with Gasteiger partial charge in [-0.25, -0.2) is 4.79 Å². The van der Waals surface area contributed by atoms with Gasteiger partial charge in [-0.15, -0.1) is 0 Å². The lowest BCUT2D eigenvalue weighted by Crippen LogP contribution is -2.47. The van der Waals surface area contributed by atoms with E-state index in [1.165, 1.54) is 11.8 Å². The Labute approximate surface area is 106 Å². The lowest BCUT2D eigenvalue weighted by atomic mass is 9.75. The number of carboxylic acid groups (broad SMARTS) is 1. The van der Waals surface area contributed by atoms with Crippen LogP contribution in [0.2, 0.25) is 0 Å². The van der Waals surface area contributed by atoms with E-state index >= 15 is 0 Å². The largest absolute Gasteiger partial charge is 0.481 e. The first kappa shape index (κ1) is 14.5. The lowest BCUT2D eigenvalue weighted by Gasteiger charge is -2.37. The van der Waals surface area contributed by atoms with Gasteiger partial charge in [-0.1, -0.05) is 0 Å². The van der Waals surface area contributed by atoms with Gasteiger partial charge in [-0.2, -0.15) is 0 Å². The van der Waals surface area contributed by atoms with Crippen molar-refractivity contribution < 1.29 is 24.2 Å². The lowest BCUT2D eigenvalue weighted by molar-refractivity contribution is -0.154. The summed E-state index contributed by atoms with van der Waals surface area (Å²) >= 11 is 0. The molecule has 6 nitrogen and oxygen atoms in total. The minimum absolute atomic E-state index is 0.0268. The number of rotatable bonds is 4. The molecule has 0 saturated carbocycles. The molecule has 6 heteroatoms. The van der Waals surface area contributed by atoms with Gasteiger partial charge in [0.25, 0.3) is 0 Å². The van der Waals surface area contributed by atoms with Crippen molar-refractivity contribution in [2.24, 2.45) is 5.41 Å². The SMILES string of the molecule is CCOC(=O)N1CCC(CC(C)=O)(C(=O)O)CC1. The second-order valence-electron chi connectivity index (χ2n) is 4.65. The summed E-state index contributed by atoms with van der Waals surface area (Å²) in [5, 5.41) is 9.28. The van der Waals surface area contributed by atoms with Crippen LogP contribution in [-0.4, -0.2) is 47.5 Å². The second kappa shape index (κ2) is 5.84. The summed E-state index contributed by atoms with van der Waals surface area (Å²) in [6, 6.07) is 0. The molecule has 0 bridgehead atoms. The summed E-state index contributed by atoms with van der Waals surface area (Å²) in [7, 11) is 0. The molecule has 1 aliphatic rings. The highest BCUT2D eigenvalue weighted by atomic mass is 16.6. The van der Waals surface area contributed by atoms with Gasteiger partial charge in [-0.05, 0) is 26.7 Å². The molecule has 1 saturated heterocycles. The second-order valence-corrected chi connectivity index (χ2v) is 4.65. The molecule has 1 fully saturated rings. The van der Waals surface area contributed by atoms with E-state index in [9.17, 15) is 19.5 Å². The Bertz CT molecular complexity index is 344. The number of piperidine rings is 1. The van der Waals surface area contributed by atoms with E-state index in [1.807, 2.05) is 0 Å². The molecule has 0 aromatic heterocycles. The molecule has 0 unspecified atom stereocenters. The van der Waals surface area contributed by atoms with Gasteiger partial charge in [0.2, 0.25) is 0 Å². The van der Waals surface area contributed by atoms with Gasteiger partial charge in [0.1, 0.15) is 5.78 Å². The molecule has 1 rings (SSSR count). The topological polar surface area (TPSA) is 83.9 Å². The first-order chi connectivity index (χ1) is 8.41. The normalized spacial score (nSPS) is 18.2. The summed E-state index contributed by atoms with van der Waals surface area (Å²) in [6.45, 7) is 4.05. The number of hydrogen-bond acceptors (Lipinski definition) is 4. The van der Waals surface area contributed by atoms with Crippen molar-refractivity contribution in [3.63, 3.8) is 0 Å². The van der Waals surface area contributed by atoms with Crippen molar-refractivity contribution in [3.05, 3.63) is 0 Å². The first-order valence-corrected chi connectivity index (χ1v) is 6.06. The number of carbonyl (C=O) groups is 3. The molecule has 0 atom stereocenters. The molecule has 1 N–H and O–H groups in total. The van der Waals surface area contributed by atoms with Crippen molar-refractivity contribution in [2.75, 3.05) is 19.7 Å². The zero-order valence-corrected chi connectivity index (χ0v) is 10.8. The number of ketones is 1. The number of Topliss-reactive ketones (excluding diaryl/α,β-unsaturated/α-hetero) is 1. The van der Waals surface area contributed by atoms with Gasteiger partial charge in [0.15, 0.2) is 0 Å². The number of likely N-dealkylation sites (tertiary alicyclic amines) is 1. The van der Waals surface area contributed by atoms with Crippen molar-refractivity contribution in [3.8, 4) is 0 Å². The van der Waals surface area contributed by atoms with Gasteiger partial charge in [-0.3, -0.25) is 9.59 Å². The molecule has 102 valence electrons. The highest BCUT2D eigenvalue weighted by Gasteiger charge is 2.43. The van der Waals surface area contributed by atoms with Crippen molar-refractivity contribution in [1.29, 1.82) is 0 Å². The Balaban J connectivity index is 2.66. The number of carbonyl (C=O) groups excluding carboxylic acids is 2. The molecule has 18 heavy (non-hydrogen) atoms. The van der Waals surface area contributed by atoms with E-state index < -0.39 is 17.5 Å². The molecule has 0 aromatic rings. The molecular weight excluding hydrogens is 238 g/mol. The van der Waals surface area contributed by atoms with Crippen LogP contribution in [0.4, 0.5) is 4.79 Å². The third-order valence-corrected chi connectivity index (χ3v) is 3.29. The van der Waals surface area contributed by atoms with E-state index in [1.54, 1.807) is 6.92 Å². The van der Waals surface area contributed by atoms with Gasteiger partial charge in [0, 0.05) is 19.5 Å². The van der Waals surface area contributed by atoms with Crippen molar-refractivity contribution in [1.82, 2.24) is 4.90 Å². The first-order valence-electron chi connectivity index (χ1n) is 6.06. The van der Waals surface area contributed by atoms with Crippen LogP contribution >= 0.6 is 0 Å². The van der Waals surface area contributed by atoms with E-state index in [0.29, 0.717) is 32.5 Å². The zero-order valence-electron chi connectivity index (χ0n) is 10.8. The Morgan fingerprint density at radius 3 is 2.22 bits per heavy atom. The summed E-state index contributed by atoms with van der Waals surface area (Å²) in [5.41, 5.74) is -1.02. The Hall–Kier alpha value is -1.59. The van der Waals surface area contributed by atoms with Crippen LogP contribution in [0, 0.1) is 5.41 Å². The summed E-state index contributed by atoms with van der Waals surface area (Å²) < 4.78 is 4.86. The molecular formula is C12H19NO5. The maximum absolute atomic E-state index is 11.5. The fourth-order valence-corrected chi connectivity index (χ4v) is 2.27. The molecule has 1 amide bonds. The predicted molar refractivity (Wildman–Crippen MR) is 63.2 cm³/mol. The van der Waals surface area contributed by atoms with E-state index in [2.05, 4.69) is 0 Å². The third-order valence-electron chi connectivity index (χ3n) is 3.29. The minimum Gasteiger partial charge on any atom is -0.481 e. The Kier molecular flexibility index (Phi) is 4.69. The van der Waals surface area contributed by atoms with Crippen LogP contribution in [0.5, 0.6) is 0 Å². The highest BCUT2D eigenvalue weighted by Crippen LogP contribution is 2.35. The molecule has 1 aliphatic heterocycles. The Morgan fingerprint density at radius 1 is 1.28 bits per heavy atom. The highest BCUT2D eigenvalue weighted by molar-refractivity contribution is 5.85. The molecule has 0 spiro atoms. The van der Waals surface area contributed by atoms with Gasteiger partial charge < -0.3 is 14.7 Å². The zero-order chi connectivity index (χ0) is 13.8. The van der Waals surface area contributed by atoms with Crippen LogP contribution in [0.25, 0.3) is 0 Å². The molecule has 0 radical (unpaired) electrons. The van der Waals surface area contributed by atoms with E-state index in [-0.39, 0.29) is 12.2 Å². The molecule has 0 aliphatic carbocycles. The van der Waals surface area contributed by atoms with E-state index in [4.69, 9.17) is 4.74 Å². The standard InChI is InChI=1S/C12H19NO5/c1-3-18-11(17)13-6-4-12(5-7-13,10(15)16)8-9(2)14/h3-8H2,1-2H3,(H,15,16). The third kappa shape index (κ3) is 3.21. The summed E-state index contributed by atoms with van der Waals surface area (Å²) in [4.78, 5) is 35.5. The average molecular weight is 257 g/mol.